The predicted octanol–water partition coefficient (Wildman–Crippen LogP) is 0.191. The molecule has 1 amide bonds. The molecule has 0 aliphatic heterocycles. The molecule has 16 heavy (non-hydrogen) atoms. The second kappa shape index (κ2) is 4.52. The normalized spacial score (nSPS) is 11.5. The quantitative estimate of drug-likeness (QED) is 0.588. The predicted molar refractivity (Wildman–Crippen MR) is 61.0 cm³/mol. The third-order valence-electron chi connectivity index (χ3n) is 2.40. The van der Waals surface area contributed by atoms with Gasteiger partial charge in [0.05, 0.1) is 11.4 Å². The van der Waals surface area contributed by atoms with Crippen molar-refractivity contribution in [1.29, 1.82) is 0 Å². The molecule has 0 atom stereocenters. The number of nitrogens with zero attached hydrogens (tertiary/aromatic N) is 1. The molecule has 0 aromatic carbocycles. The number of hydrogen-bond acceptors (Lipinski definition) is 4. The van der Waals surface area contributed by atoms with Crippen molar-refractivity contribution >= 4 is 11.6 Å². The highest BCUT2D eigenvalue weighted by molar-refractivity contribution is 5.97. The van der Waals surface area contributed by atoms with Gasteiger partial charge in [-0.25, -0.2) is 0 Å². The van der Waals surface area contributed by atoms with Crippen LogP contribution in [-0.2, 0) is 0 Å². The fraction of sp³-hybridized carbons (Fsp3) is 0.600. The standard InChI is InChI=1S/C10H18N4O2/c1-6-7(11)8(14-13-6)9(16)12-10(2,3)4-5-15/h15H,4-5,11H2,1-3H3,(H,12,16)(H,13,14). The highest BCUT2D eigenvalue weighted by atomic mass is 16.3. The maximum Gasteiger partial charge on any atom is 0.274 e. The molecular weight excluding hydrogens is 208 g/mol. The van der Waals surface area contributed by atoms with Gasteiger partial charge in [0.2, 0.25) is 0 Å². The van der Waals surface area contributed by atoms with Crippen molar-refractivity contribution in [3.63, 3.8) is 0 Å². The van der Waals surface area contributed by atoms with Crippen molar-refractivity contribution in [2.45, 2.75) is 32.7 Å². The lowest BCUT2D eigenvalue weighted by atomic mass is 10.0. The largest absolute Gasteiger partial charge is 0.396 e. The summed E-state index contributed by atoms with van der Waals surface area (Å²) in [4.78, 5) is 11.8. The lowest BCUT2D eigenvalue weighted by Gasteiger charge is -2.24. The van der Waals surface area contributed by atoms with Crippen LogP contribution in [0.2, 0.25) is 0 Å². The Labute approximate surface area is 94.2 Å². The minimum atomic E-state index is -0.481. The van der Waals surface area contributed by atoms with Gasteiger partial charge in [-0.1, -0.05) is 0 Å². The Morgan fingerprint density at radius 3 is 2.69 bits per heavy atom. The number of aromatic nitrogens is 2. The number of aryl methyl sites for hydroxylation is 1. The highest BCUT2D eigenvalue weighted by Crippen LogP contribution is 2.14. The molecule has 0 aliphatic rings. The molecule has 90 valence electrons. The number of aliphatic hydroxyl groups excluding tert-OH is 1. The fourth-order valence-electron chi connectivity index (χ4n) is 1.32. The number of amides is 1. The van der Waals surface area contributed by atoms with Crippen LogP contribution in [0.3, 0.4) is 0 Å². The molecule has 0 bridgehead atoms. The van der Waals surface area contributed by atoms with Crippen LogP contribution in [0, 0.1) is 6.92 Å². The average molecular weight is 226 g/mol. The molecule has 0 saturated carbocycles. The molecule has 1 heterocycles. The number of aromatic amines is 1. The maximum atomic E-state index is 11.8. The fourth-order valence-corrected chi connectivity index (χ4v) is 1.32. The molecule has 1 rings (SSSR count). The van der Waals surface area contributed by atoms with Gasteiger partial charge in [0.15, 0.2) is 5.69 Å². The number of carbonyl (C=O) groups is 1. The van der Waals surface area contributed by atoms with Gasteiger partial charge in [0.25, 0.3) is 5.91 Å². The molecule has 0 spiro atoms. The molecule has 1 aromatic heterocycles. The van der Waals surface area contributed by atoms with Gasteiger partial charge in [-0.05, 0) is 27.2 Å². The van der Waals surface area contributed by atoms with E-state index in [1.807, 2.05) is 13.8 Å². The first-order chi connectivity index (χ1) is 7.37. The number of nitrogens with one attached hydrogen (secondary N) is 2. The van der Waals surface area contributed by atoms with E-state index in [9.17, 15) is 4.79 Å². The van der Waals surface area contributed by atoms with E-state index in [0.29, 0.717) is 17.8 Å². The van der Waals surface area contributed by atoms with Crippen LogP contribution in [0.5, 0.6) is 0 Å². The van der Waals surface area contributed by atoms with Crippen molar-refractivity contribution in [2.75, 3.05) is 12.3 Å². The molecule has 0 unspecified atom stereocenters. The van der Waals surface area contributed by atoms with Gasteiger partial charge in [-0.3, -0.25) is 9.89 Å². The lowest BCUT2D eigenvalue weighted by molar-refractivity contribution is 0.0895. The molecule has 0 fully saturated rings. The number of anilines is 1. The Kier molecular flexibility index (Phi) is 3.54. The number of nitrogen functional groups attached to an aromatic ring is 1. The monoisotopic (exact) mass is 226 g/mol. The Bertz CT molecular complexity index is 384. The summed E-state index contributed by atoms with van der Waals surface area (Å²) >= 11 is 0. The van der Waals surface area contributed by atoms with E-state index in [0.717, 1.165) is 0 Å². The van der Waals surface area contributed by atoms with Gasteiger partial charge in [0, 0.05) is 12.1 Å². The number of nitrogens with two attached hydrogens (primary N) is 1. The lowest BCUT2D eigenvalue weighted by Crippen LogP contribution is -2.44. The van der Waals surface area contributed by atoms with Gasteiger partial charge < -0.3 is 16.2 Å². The Hall–Kier alpha value is -1.56. The molecule has 0 radical (unpaired) electrons. The topological polar surface area (TPSA) is 104 Å². The van der Waals surface area contributed by atoms with Gasteiger partial charge in [-0.2, -0.15) is 5.10 Å². The second-order valence-corrected chi connectivity index (χ2v) is 4.42. The van der Waals surface area contributed by atoms with Gasteiger partial charge in [-0.15, -0.1) is 0 Å². The van der Waals surface area contributed by atoms with E-state index in [1.54, 1.807) is 6.92 Å². The van der Waals surface area contributed by atoms with E-state index >= 15 is 0 Å². The molecule has 6 heteroatoms. The Balaban J connectivity index is 2.77. The number of H-pyrrole nitrogens is 1. The number of carbonyl (C=O) groups excluding carboxylic acids is 1. The van der Waals surface area contributed by atoms with Crippen molar-refractivity contribution in [2.24, 2.45) is 0 Å². The number of rotatable bonds is 4. The van der Waals surface area contributed by atoms with Crippen LogP contribution in [-0.4, -0.2) is 33.4 Å². The molecule has 0 saturated heterocycles. The maximum absolute atomic E-state index is 11.8. The smallest absolute Gasteiger partial charge is 0.274 e. The number of aliphatic hydroxyl groups is 1. The zero-order valence-electron chi connectivity index (χ0n) is 9.79. The SMILES string of the molecule is Cc1[nH]nc(C(=O)NC(C)(C)CCO)c1N. The molecule has 6 nitrogen and oxygen atoms in total. The summed E-state index contributed by atoms with van der Waals surface area (Å²) in [5.41, 5.74) is 6.44. The zero-order valence-corrected chi connectivity index (χ0v) is 9.79. The molecule has 0 aliphatic carbocycles. The van der Waals surface area contributed by atoms with Gasteiger partial charge in [0.1, 0.15) is 0 Å². The van der Waals surface area contributed by atoms with Crippen molar-refractivity contribution in [1.82, 2.24) is 15.5 Å². The summed E-state index contributed by atoms with van der Waals surface area (Å²) in [7, 11) is 0. The van der Waals surface area contributed by atoms with Crippen LogP contribution >= 0.6 is 0 Å². The first kappa shape index (κ1) is 12.5. The van der Waals surface area contributed by atoms with E-state index in [4.69, 9.17) is 10.8 Å². The average Bonchev–Trinajstić information content (AvgIpc) is 2.46. The van der Waals surface area contributed by atoms with E-state index in [1.165, 1.54) is 0 Å². The summed E-state index contributed by atoms with van der Waals surface area (Å²) < 4.78 is 0. The molecule has 5 N–H and O–H groups in total. The van der Waals surface area contributed by atoms with Crippen LogP contribution in [0.4, 0.5) is 5.69 Å². The van der Waals surface area contributed by atoms with Crippen LogP contribution in [0.15, 0.2) is 0 Å². The first-order valence-electron chi connectivity index (χ1n) is 5.11. The summed E-state index contributed by atoms with van der Waals surface area (Å²) in [5.74, 6) is -0.333. The summed E-state index contributed by atoms with van der Waals surface area (Å²) in [6, 6.07) is 0. The van der Waals surface area contributed by atoms with E-state index < -0.39 is 5.54 Å². The van der Waals surface area contributed by atoms with E-state index in [2.05, 4.69) is 15.5 Å². The van der Waals surface area contributed by atoms with E-state index in [-0.39, 0.29) is 18.2 Å². The highest BCUT2D eigenvalue weighted by Gasteiger charge is 2.23. The summed E-state index contributed by atoms with van der Waals surface area (Å²) in [5, 5.41) is 18.1. The zero-order chi connectivity index (χ0) is 12.3. The molecule has 1 aromatic rings. The first-order valence-corrected chi connectivity index (χ1v) is 5.11. The van der Waals surface area contributed by atoms with Crippen LogP contribution in [0.1, 0.15) is 36.5 Å². The van der Waals surface area contributed by atoms with Gasteiger partial charge >= 0.3 is 0 Å². The van der Waals surface area contributed by atoms with Crippen LogP contribution < -0.4 is 11.1 Å². The third-order valence-corrected chi connectivity index (χ3v) is 2.40. The summed E-state index contributed by atoms with van der Waals surface area (Å²) in [6.45, 7) is 5.42. The van der Waals surface area contributed by atoms with Crippen molar-refractivity contribution in [3.8, 4) is 0 Å². The van der Waals surface area contributed by atoms with Crippen molar-refractivity contribution < 1.29 is 9.90 Å². The van der Waals surface area contributed by atoms with Crippen molar-refractivity contribution in [3.05, 3.63) is 11.4 Å². The third kappa shape index (κ3) is 2.73. The van der Waals surface area contributed by atoms with Crippen LogP contribution in [0.25, 0.3) is 0 Å². The number of hydrogen-bond donors (Lipinski definition) is 4. The minimum Gasteiger partial charge on any atom is -0.396 e. The minimum absolute atomic E-state index is 0.0162. The Morgan fingerprint density at radius 1 is 1.62 bits per heavy atom. The Morgan fingerprint density at radius 2 is 2.25 bits per heavy atom. The second-order valence-electron chi connectivity index (χ2n) is 4.42. The summed E-state index contributed by atoms with van der Waals surface area (Å²) in [6.07, 6.45) is 0.474. The molecular formula is C10H18N4O2.